The molecule has 16 heavy (non-hydrogen) atoms. The van der Waals surface area contributed by atoms with Crippen LogP contribution in [0.1, 0.15) is 17.3 Å². The van der Waals surface area contributed by atoms with E-state index in [0.29, 0.717) is 31.7 Å². The third kappa shape index (κ3) is 2.05. The van der Waals surface area contributed by atoms with Gasteiger partial charge in [0.2, 0.25) is 5.91 Å². The average Bonchev–Trinajstić information content (AvgIpc) is 2.81. The number of piperazine rings is 1. The quantitative estimate of drug-likeness (QED) is 0.710. The molecule has 0 unspecified atom stereocenters. The molecule has 0 bridgehead atoms. The van der Waals surface area contributed by atoms with Crippen LogP contribution in [0.2, 0.25) is 0 Å². The van der Waals surface area contributed by atoms with Gasteiger partial charge in [-0.15, -0.1) is 0 Å². The van der Waals surface area contributed by atoms with Crippen molar-refractivity contribution in [2.75, 3.05) is 26.2 Å². The van der Waals surface area contributed by atoms with E-state index in [4.69, 9.17) is 0 Å². The van der Waals surface area contributed by atoms with Gasteiger partial charge in [-0.05, 0) is 0 Å². The molecule has 0 aliphatic carbocycles. The Bertz CT molecular complexity index is 380. The van der Waals surface area contributed by atoms with Crippen molar-refractivity contribution in [1.82, 2.24) is 20.0 Å². The van der Waals surface area contributed by atoms with Crippen molar-refractivity contribution in [1.29, 1.82) is 0 Å². The second kappa shape index (κ2) is 4.34. The topological polar surface area (TPSA) is 69.3 Å². The van der Waals surface area contributed by atoms with Crippen molar-refractivity contribution >= 4 is 11.8 Å². The van der Waals surface area contributed by atoms with E-state index < -0.39 is 0 Å². The van der Waals surface area contributed by atoms with Crippen molar-refractivity contribution in [2.24, 2.45) is 0 Å². The van der Waals surface area contributed by atoms with Crippen molar-refractivity contribution < 1.29 is 9.59 Å². The molecule has 2 rings (SSSR count). The molecule has 0 atom stereocenters. The molecule has 1 N–H and O–H groups in total. The smallest absolute Gasteiger partial charge is 0.257 e. The monoisotopic (exact) mass is 222 g/mol. The molecule has 0 spiro atoms. The first-order valence-corrected chi connectivity index (χ1v) is 5.22. The molecular formula is C10H14N4O2. The van der Waals surface area contributed by atoms with Crippen LogP contribution in [0.5, 0.6) is 0 Å². The van der Waals surface area contributed by atoms with Crippen molar-refractivity contribution in [3.63, 3.8) is 0 Å². The van der Waals surface area contributed by atoms with Gasteiger partial charge in [0, 0.05) is 39.3 Å². The number of nitrogens with zero attached hydrogens (tertiary/aromatic N) is 3. The second-order valence-electron chi connectivity index (χ2n) is 3.79. The number of amides is 2. The molecule has 6 heteroatoms. The molecule has 0 radical (unpaired) electrons. The molecule has 1 saturated heterocycles. The molecule has 2 heterocycles. The number of aromatic nitrogens is 2. The summed E-state index contributed by atoms with van der Waals surface area (Å²) in [5, 5.41) is 6.36. The van der Waals surface area contributed by atoms with E-state index in [9.17, 15) is 9.59 Å². The largest absolute Gasteiger partial charge is 0.339 e. The minimum Gasteiger partial charge on any atom is -0.339 e. The molecule has 0 saturated carbocycles. The lowest BCUT2D eigenvalue weighted by Gasteiger charge is -2.33. The number of aromatic amines is 1. The van der Waals surface area contributed by atoms with Crippen molar-refractivity contribution in [2.45, 2.75) is 6.92 Å². The predicted molar refractivity (Wildman–Crippen MR) is 56.7 cm³/mol. The Hall–Kier alpha value is -1.85. The fraction of sp³-hybridized carbons (Fsp3) is 0.500. The third-order valence-corrected chi connectivity index (χ3v) is 2.76. The van der Waals surface area contributed by atoms with Crippen LogP contribution in [0.15, 0.2) is 12.4 Å². The van der Waals surface area contributed by atoms with Crippen molar-refractivity contribution in [3.05, 3.63) is 18.0 Å². The van der Waals surface area contributed by atoms with Crippen LogP contribution in [0, 0.1) is 0 Å². The Kier molecular flexibility index (Phi) is 2.89. The summed E-state index contributed by atoms with van der Waals surface area (Å²) in [5.41, 5.74) is 0.566. The predicted octanol–water partition coefficient (Wildman–Crippen LogP) is -0.286. The van der Waals surface area contributed by atoms with Gasteiger partial charge in [0.05, 0.1) is 11.8 Å². The lowest BCUT2D eigenvalue weighted by Crippen LogP contribution is -2.50. The summed E-state index contributed by atoms with van der Waals surface area (Å²) in [4.78, 5) is 26.5. The molecular weight excluding hydrogens is 208 g/mol. The Morgan fingerprint density at radius 3 is 2.38 bits per heavy atom. The summed E-state index contributed by atoms with van der Waals surface area (Å²) >= 11 is 0. The summed E-state index contributed by atoms with van der Waals surface area (Å²) in [5.74, 6) is 0.0346. The van der Waals surface area contributed by atoms with E-state index in [-0.39, 0.29) is 11.8 Å². The fourth-order valence-corrected chi connectivity index (χ4v) is 1.77. The van der Waals surface area contributed by atoms with Gasteiger partial charge in [0.15, 0.2) is 0 Å². The van der Waals surface area contributed by atoms with Crippen LogP contribution in [0.3, 0.4) is 0 Å². The van der Waals surface area contributed by atoms with Gasteiger partial charge in [0.1, 0.15) is 0 Å². The van der Waals surface area contributed by atoms with Gasteiger partial charge >= 0.3 is 0 Å². The van der Waals surface area contributed by atoms with Gasteiger partial charge < -0.3 is 9.80 Å². The number of carbonyl (C=O) groups is 2. The Labute approximate surface area is 93.2 Å². The zero-order chi connectivity index (χ0) is 11.5. The van der Waals surface area contributed by atoms with Crippen LogP contribution in [-0.4, -0.2) is 58.0 Å². The maximum absolute atomic E-state index is 11.9. The highest BCUT2D eigenvalue weighted by molar-refractivity contribution is 5.93. The minimum atomic E-state index is -0.0306. The van der Waals surface area contributed by atoms with Gasteiger partial charge in [-0.3, -0.25) is 14.7 Å². The molecule has 1 aliphatic heterocycles. The number of nitrogens with one attached hydrogen (secondary N) is 1. The number of H-pyrrole nitrogens is 1. The second-order valence-corrected chi connectivity index (χ2v) is 3.79. The highest BCUT2D eigenvalue weighted by Crippen LogP contribution is 2.07. The highest BCUT2D eigenvalue weighted by Gasteiger charge is 2.23. The maximum atomic E-state index is 11.9. The van der Waals surface area contributed by atoms with E-state index in [1.165, 1.54) is 6.20 Å². The zero-order valence-corrected chi connectivity index (χ0v) is 9.14. The number of hydrogen-bond acceptors (Lipinski definition) is 3. The first-order chi connectivity index (χ1) is 7.68. The first kappa shape index (κ1) is 10.7. The number of rotatable bonds is 1. The summed E-state index contributed by atoms with van der Waals surface area (Å²) in [6.45, 7) is 3.94. The molecule has 1 aromatic rings. The standard InChI is InChI=1S/C10H14N4O2/c1-8(15)13-2-4-14(5-3-13)10(16)9-6-11-12-7-9/h6-7H,2-5H2,1H3,(H,11,12). The Balaban J connectivity index is 1.94. The van der Waals surface area contributed by atoms with E-state index in [0.717, 1.165) is 0 Å². The molecule has 86 valence electrons. The molecule has 0 aromatic carbocycles. The summed E-state index contributed by atoms with van der Waals surface area (Å²) in [7, 11) is 0. The van der Waals surface area contributed by atoms with Gasteiger partial charge in [-0.1, -0.05) is 0 Å². The lowest BCUT2D eigenvalue weighted by atomic mass is 10.2. The van der Waals surface area contributed by atoms with Crippen LogP contribution in [0.4, 0.5) is 0 Å². The molecule has 1 aromatic heterocycles. The van der Waals surface area contributed by atoms with E-state index in [1.54, 1.807) is 22.9 Å². The maximum Gasteiger partial charge on any atom is 0.257 e. The summed E-state index contributed by atoms with van der Waals surface area (Å²) in [6.07, 6.45) is 3.10. The van der Waals surface area contributed by atoms with Crippen molar-refractivity contribution in [3.8, 4) is 0 Å². The van der Waals surface area contributed by atoms with Crippen LogP contribution >= 0.6 is 0 Å². The summed E-state index contributed by atoms with van der Waals surface area (Å²) < 4.78 is 0. The molecule has 1 aliphatic rings. The van der Waals surface area contributed by atoms with Crippen LogP contribution in [-0.2, 0) is 4.79 Å². The van der Waals surface area contributed by atoms with Crippen LogP contribution in [0.25, 0.3) is 0 Å². The average molecular weight is 222 g/mol. The Morgan fingerprint density at radius 1 is 1.25 bits per heavy atom. The fourth-order valence-electron chi connectivity index (χ4n) is 1.77. The normalized spacial score (nSPS) is 16.3. The highest BCUT2D eigenvalue weighted by atomic mass is 16.2. The third-order valence-electron chi connectivity index (χ3n) is 2.76. The zero-order valence-electron chi connectivity index (χ0n) is 9.14. The first-order valence-electron chi connectivity index (χ1n) is 5.22. The van der Waals surface area contributed by atoms with Crippen LogP contribution < -0.4 is 0 Å². The minimum absolute atomic E-state index is 0.0306. The van der Waals surface area contributed by atoms with Gasteiger partial charge in [-0.2, -0.15) is 5.10 Å². The van der Waals surface area contributed by atoms with Gasteiger partial charge in [0.25, 0.3) is 5.91 Å². The van der Waals surface area contributed by atoms with E-state index in [1.807, 2.05) is 0 Å². The number of hydrogen-bond donors (Lipinski definition) is 1. The molecule has 6 nitrogen and oxygen atoms in total. The Morgan fingerprint density at radius 2 is 1.88 bits per heavy atom. The molecule has 2 amide bonds. The van der Waals surface area contributed by atoms with Gasteiger partial charge in [-0.25, -0.2) is 0 Å². The SMILES string of the molecule is CC(=O)N1CCN(C(=O)c2cn[nH]c2)CC1. The lowest BCUT2D eigenvalue weighted by molar-refractivity contribution is -0.130. The number of carbonyl (C=O) groups excluding carboxylic acids is 2. The molecule has 1 fully saturated rings. The summed E-state index contributed by atoms with van der Waals surface area (Å²) in [6, 6.07) is 0. The van der Waals surface area contributed by atoms with E-state index >= 15 is 0 Å². The van der Waals surface area contributed by atoms with E-state index in [2.05, 4.69) is 10.2 Å².